The van der Waals surface area contributed by atoms with Crippen molar-refractivity contribution in [3.05, 3.63) is 24.3 Å². The first-order valence-corrected chi connectivity index (χ1v) is 24.2. The van der Waals surface area contributed by atoms with Gasteiger partial charge in [0, 0.05) is 0 Å². The van der Waals surface area contributed by atoms with Crippen LogP contribution in [0.4, 0.5) is 0 Å². The Bertz CT molecular complexity index is 799. The highest BCUT2D eigenvalue weighted by Gasteiger charge is 2.22. The molecule has 0 aliphatic rings. The first-order valence-electron chi connectivity index (χ1n) is 24.2. The number of carbonyl (C=O) groups excluding carboxylic acids is 1. The monoisotopic (exact) mass is 762 g/mol. The van der Waals surface area contributed by atoms with Gasteiger partial charge in [-0.15, -0.1) is 0 Å². The maximum absolute atomic E-state index is 12.5. The molecule has 5 heteroatoms. The zero-order valence-electron chi connectivity index (χ0n) is 36.4. The second kappa shape index (κ2) is 44.5. The summed E-state index contributed by atoms with van der Waals surface area (Å²) in [6.45, 7) is 4.19. The number of hydrogen-bond acceptors (Lipinski definition) is 4. The number of aliphatic hydroxyl groups is 3. The highest BCUT2D eigenvalue weighted by Crippen LogP contribution is 2.16. The number of nitrogens with one attached hydrogen (secondary N) is 1. The average molecular weight is 762 g/mol. The Kier molecular flexibility index (Phi) is 43.6. The smallest absolute Gasteiger partial charge is 0.249 e. The van der Waals surface area contributed by atoms with Crippen LogP contribution in [0.1, 0.15) is 258 Å². The molecule has 0 aromatic rings. The summed E-state index contributed by atoms with van der Waals surface area (Å²) < 4.78 is 0. The van der Waals surface area contributed by atoms with E-state index >= 15 is 0 Å². The zero-order valence-corrected chi connectivity index (χ0v) is 36.4. The summed E-state index contributed by atoms with van der Waals surface area (Å²) in [6, 6.07) is -0.811. The lowest BCUT2D eigenvalue weighted by Crippen LogP contribution is -2.48. The van der Waals surface area contributed by atoms with Crippen molar-refractivity contribution < 1.29 is 20.1 Å². The molecule has 0 aliphatic carbocycles. The van der Waals surface area contributed by atoms with E-state index in [1.165, 1.54) is 199 Å². The van der Waals surface area contributed by atoms with Gasteiger partial charge in [0.2, 0.25) is 5.91 Å². The number of hydrogen-bond donors (Lipinski definition) is 4. The molecule has 1 amide bonds. The fourth-order valence-corrected chi connectivity index (χ4v) is 7.50. The largest absolute Gasteiger partial charge is 0.394 e. The summed E-state index contributed by atoms with van der Waals surface area (Å²) in [5, 5.41) is 33.2. The molecule has 0 heterocycles. The molecule has 320 valence electrons. The van der Waals surface area contributed by atoms with Crippen molar-refractivity contribution in [2.45, 2.75) is 276 Å². The third-order valence-electron chi connectivity index (χ3n) is 11.3. The number of aliphatic hydroxyl groups excluding tert-OH is 3. The molecule has 0 fully saturated rings. The average Bonchev–Trinajstić information content (AvgIpc) is 3.18. The molecular weight excluding hydrogens is 667 g/mol. The van der Waals surface area contributed by atoms with E-state index in [0.717, 1.165) is 38.5 Å². The molecule has 54 heavy (non-hydrogen) atoms. The second-order valence-electron chi connectivity index (χ2n) is 16.7. The summed E-state index contributed by atoms with van der Waals surface area (Å²) in [6.07, 6.45) is 55.1. The van der Waals surface area contributed by atoms with Crippen LogP contribution in [0.25, 0.3) is 0 Å². The maximum atomic E-state index is 12.5. The first kappa shape index (κ1) is 52.8. The lowest BCUT2D eigenvalue weighted by atomic mass is 10.0. The van der Waals surface area contributed by atoms with E-state index in [0.29, 0.717) is 6.42 Å². The van der Waals surface area contributed by atoms with Gasteiger partial charge in [0.25, 0.3) is 0 Å². The Hall–Kier alpha value is -1.17. The van der Waals surface area contributed by atoms with E-state index < -0.39 is 24.2 Å². The van der Waals surface area contributed by atoms with E-state index in [1.807, 2.05) is 6.08 Å². The van der Waals surface area contributed by atoms with Crippen molar-refractivity contribution >= 4 is 5.91 Å². The highest BCUT2D eigenvalue weighted by molar-refractivity contribution is 5.80. The Morgan fingerprint density at radius 2 is 0.759 bits per heavy atom. The molecule has 0 radical (unpaired) electrons. The molecule has 0 rings (SSSR count). The summed E-state index contributed by atoms with van der Waals surface area (Å²) in [4.78, 5) is 12.5. The number of allylic oxidation sites excluding steroid dienone is 3. The fourth-order valence-electron chi connectivity index (χ4n) is 7.50. The van der Waals surface area contributed by atoms with Gasteiger partial charge >= 0.3 is 0 Å². The minimum Gasteiger partial charge on any atom is -0.394 e. The second-order valence-corrected chi connectivity index (χ2v) is 16.7. The quantitative estimate of drug-likeness (QED) is 0.0368. The predicted molar refractivity (Wildman–Crippen MR) is 236 cm³/mol. The molecule has 0 bridgehead atoms. The number of carbonyl (C=O) groups is 1. The maximum Gasteiger partial charge on any atom is 0.249 e. The van der Waals surface area contributed by atoms with Crippen molar-refractivity contribution in [2.24, 2.45) is 0 Å². The Morgan fingerprint density at radius 1 is 0.444 bits per heavy atom. The normalized spacial score (nSPS) is 13.6. The third-order valence-corrected chi connectivity index (χ3v) is 11.3. The Labute approximate surface area is 337 Å². The van der Waals surface area contributed by atoms with E-state index in [2.05, 4.69) is 31.3 Å². The van der Waals surface area contributed by atoms with E-state index in [9.17, 15) is 20.1 Å². The molecule has 3 atom stereocenters. The highest BCUT2D eigenvalue weighted by atomic mass is 16.3. The van der Waals surface area contributed by atoms with Gasteiger partial charge in [0.1, 0.15) is 6.10 Å². The molecule has 0 spiro atoms. The van der Waals surface area contributed by atoms with Gasteiger partial charge in [-0.2, -0.15) is 0 Å². The molecule has 0 saturated heterocycles. The SMILES string of the molecule is CCCCCCCCCCCCCCCC/C=C/CC/C=C/C(O)C(CO)NC(=O)C(O)CCCCCCCCCCCCCCCCCCCCCC. The third kappa shape index (κ3) is 39.1. The molecule has 4 N–H and O–H groups in total. The Balaban J connectivity index is 3.65. The van der Waals surface area contributed by atoms with Crippen molar-refractivity contribution in [1.82, 2.24) is 5.32 Å². The van der Waals surface area contributed by atoms with E-state index in [1.54, 1.807) is 6.08 Å². The van der Waals surface area contributed by atoms with Gasteiger partial charge in [0.15, 0.2) is 0 Å². The summed E-state index contributed by atoms with van der Waals surface area (Å²) >= 11 is 0. The van der Waals surface area contributed by atoms with E-state index in [-0.39, 0.29) is 6.61 Å². The lowest BCUT2D eigenvalue weighted by molar-refractivity contribution is -0.131. The zero-order chi connectivity index (χ0) is 39.4. The Morgan fingerprint density at radius 3 is 1.13 bits per heavy atom. The van der Waals surface area contributed by atoms with Crippen molar-refractivity contribution in [1.29, 1.82) is 0 Å². The van der Waals surface area contributed by atoms with Gasteiger partial charge in [-0.25, -0.2) is 0 Å². The number of amides is 1. The fraction of sp³-hybridized carbons (Fsp3) is 0.898. The topological polar surface area (TPSA) is 89.8 Å². The number of rotatable bonds is 44. The van der Waals surface area contributed by atoms with Gasteiger partial charge in [-0.05, 0) is 32.1 Å². The molecule has 3 unspecified atom stereocenters. The van der Waals surface area contributed by atoms with Crippen LogP contribution in [0.2, 0.25) is 0 Å². The van der Waals surface area contributed by atoms with Gasteiger partial charge in [-0.3, -0.25) is 4.79 Å². The standard InChI is InChI=1S/C49H95NO4/c1-3-5-7-9-11-13-15-17-19-21-23-25-27-29-31-33-35-37-39-41-43-47(52)46(45-51)50-49(54)48(53)44-42-40-38-36-34-32-30-28-26-24-22-20-18-16-14-12-10-8-6-4-2/h33,35,41,43,46-48,51-53H,3-32,34,36-40,42,44-45H2,1-2H3,(H,50,54)/b35-33+,43-41+. The van der Waals surface area contributed by atoms with Crippen molar-refractivity contribution in [3.8, 4) is 0 Å². The van der Waals surface area contributed by atoms with Crippen LogP contribution in [0.3, 0.4) is 0 Å². The van der Waals surface area contributed by atoms with Crippen LogP contribution in [-0.2, 0) is 4.79 Å². The summed E-state index contributed by atoms with van der Waals surface area (Å²) in [5.41, 5.74) is 0. The molecular formula is C49H95NO4. The molecule has 5 nitrogen and oxygen atoms in total. The van der Waals surface area contributed by atoms with Crippen LogP contribution >= 0.6 is 0 Å². The van der Waals surface area contributed by atoms with E-state index in [4.69, 9.17) is 0 Å². The minimum atomic E-state index is -1.10. The van der Waals surface area contributed by atoms with Crippen molar-refractivity contribution in [3.63, 3.8) is 0 Å². The summed E-state index contributed by atoms with van der Waals surface area (Å²) in [7, 11) is 0. The molecule has 0 aliphatic heterocycles. The number of unbranched alkanes of at least 4 members (excludes halogenated alkanes) is 34. The first-order chi connectivity index (χ1) is 26.6. The molecule has 0 aromatic carbocycles. The van der Waals surface area contributed by atoms with Crippen LogP contribution < -0.4 is 5.32 Å². The van der Waals surface area contributed by atoms with Crippen LogP contribution in [0.15, 0.2) is 24.3 Å². The molecule has 0 aromatic heterocycles. The van der Waals surface area contributed by atoms with Crippen molar-refractivity contribution in [2.75, 3.05) is 6.61 Å². The minimum absolute atomic E-state index is 0.373. The molecule has 0 saturated carbocycles. The van der Waals surface area contributed by atoms with Crippen LogP contribution in [0.5, 0.6) is 0 Å². The van der Waals surface area contributed by atoms with Gasteiger partial charge in [-0.1, -0.05) is 250 Å². The van der Waals surface area contributed by atoms with Gasteiger partial charge < -0.3 is 20.6 Å². The lowest BCUT2D eigenvalue weighted by Gasteiger charge is -2.21. The summed E-state index contributed by atoms with van der Waals surface area (Å²) in [5.74, 6) is -0.509. The van der Waals surface area contributed by atoms with Gasteiger partial charge in [0.05, 0.1) is 18.8 Å². The predicted octanol–water partition coefficient (Wildman–Crippen LogP) is 14.2. The van der Waals surface area contributed by atoms with Crippen LogP contribution in [0, 0.1) is 0 Å². The van der Waals surface area contributed by atoms with Crippen LogP contribution in [-0.4, -0.2) is 46.1 Å².